The molecule has 200 valence electrons. The Morgan fingerprint density at radius 2 is 1.71 bits per heavy atom. The van der Waals surface area contributed by atoms with Gasteiger partial charge in [-0.15, -0.1) is 0 Å². The molecule has 4 aromatic rings. The van der Waals surface area contributed by atoms with Crippen molar-refractivity contribution in [1.82, 2.24) is 9.78 Å². The molecule has 2 heterocycles. The minimum Gasteiger partial charge on any atom is -1.00 e. The maximum Gasteiger partial charge on any atom is 0.274 e. The molecule has 3 atom stereocenters. The van der Waals surface area contributed by atoms with E-state index in [2.05, 4.69) is 0 Å². The fourth-order valence-corrected chi connectivity index (χ4v) is 5.49. The molecule has 0 bridgehead atoms. The molecule has 0 radical (unpaired) electrons. The minimum atomic E-state index is -0.604. The van der Waals surface area contributed by atoms with Crippen molar-refractivity contribution in [1.29, 1.82) is 0 Å². The standard InChI is InChI=1S/C30H31ClFN3O2.ClH/c31-23-11-7-21(8-12-23)20-28-26-5-1-2-6-27(26)30(37)35(33-28)25-4-3-17-34(18-15-25)19-16-29(36)22-9-13-24(32)14-10-22;/h1-2,5-14,25,29,36H,3-4,15-20H2;1H. The maximum absolute atomic E-state index is 13.5. The quantitative estimate of drug-likeness (QED) is 0.363. The summed E-state index contributed by atoms with van der Waals surface area (Å²) < 4.78 is 14.9. The normalized spacial score (nSPS) is 18.5. The Labute approximate surface area is 233 Å². The van der Waals surface area contributed by atoms with Crippen molar-refractivity contribution in [3.05, 3.63) is 111 Å². The lowest BCUT2D eigenvalue weighted by Gasteiger charge is -2.20. The first kappa shape index (κ1) is 28.2. The summed E-state index contributed by atoms with van der Waals surface area (Å²) in [5.41, 5.74) is 2.71. The number of halogens is 3. The summed E-state index contributed by atoms with van der Waals surface area (Å²) in [5.74, 6) is -0.297. The van der Waals surface area contributed by atoms with E-state index in [9.17, 15) is 14.3 Å². The summed E-state index contributed by atoms with van der Waals surface area (Å²) in [6.07, 6.45) is 3.38. The molecular formula is C30H32Cl2FN3O2. The summed E-state index contributed by atoms with van der Waals surface area (Å²) in [6.45, 7) is 2.73. The van der Waals surface area contributed by atoms with Gasteiger partial charge >= 0.3 is 0 Å². The fourth-order valence-electron chi connectivity index (χ4n) is 5.36. The van der Waals surface area contributed by atoms with E-state index in [-0.39, 0.29) is 29.8 Å². The molecule has 1 aliphatic rings. The third kappa shape index (κ3) is 6.62. The van der Waals surface area contributed by atoms with Crippen LogP contribution in [-0.4, -0.2) is 34.5 Å². The van der Waals surface area contributed by atoms with Gasteiger partial charge in [0.1, 0.15) is 5.82 Å². The topological polar surface area (TPSA) is 59.6 Å². The first-order valence-electron chi connectivity index (χ1n) is 13.0. The number of quaternary nitrogens is 1. The Balaban J connectivity index is 0.00000336. The molecule has 5 nitrogen and oxygen atoms in total. The van der Waals surface area contributed by atoms with Gasteiger partial charge in [0.2, 0.25) is 0 Å². The van der Waals surface area contributed by atoms with Crippen LogP contribution in [0.1, 0.15) is 54.6 Å². The molecule has 0 aliphatic carbocycles. The van der Waals surface area contributed by atoms with Crippen LogP contribution < -0.4 is 22.9 Å². The fraction of sp³-hybridized carbons (Fsp3) is 0.333. The van der Waals surface area contributed by atoms with E-state index in [0.29, 0.717) is 23.3 Å². The van der Waals surface area contributed by atoms with Gasteiger partial charge in [0.05, 0.1) is 42.9 Å². The monoisotopic (exact) mass is 555 g/mol. The van der Waals surface area contributed by atoms with Crippen molar-refractivity contribution < 1.29 is 26.8 Å². The Morgan fingerprint density at radius 3 is 2.45 bits per heavy atom. The van der Waals surface area contributed by atoms with Gasteiger partial charge in [-0.2, -0.15) is 5.10 Å². The average molecular weight is 557 g/mol. The molecule has 1 fully saturated rings. The third-order valence-corrected chi connectivity index (χ3v) is 7.71. The highest BCUT2D eigenvalue weighted by atomic mass is 35.5. The van der Waals surface area contributed by atoms with E-state index in [0.717, 1.165) is 61.1 Å². The molecule has 0 saturated carbocycles. The number of benzene rings is 3. The van der Waals surface area contributed by atoms with Gasteiger partial charge in [0.15, 0.2) is 0 Å². The lowest BCUT2D eigenvalue weighted by atomic mass is 10.0. The summed E-state index contributed by atoms with van der Waals surface area (Å²) >= 11 is 6.07. The van der Waals surface area contributed by atoms with Crippen LogP contribution in [0, 0.1) is 5.82 Å². The van der Waals surface area contributed by atoms with Crippen molar-refractivity contribution in [2.45, 2.75) is 44.2 Å². The molecule has 0 spiro atoms. The Morgan fingerprint density at radius 1 is 1.00 bits per heavy atom. The highest BCUT2D eigenvalue weighted by molar-refractivity contribution is 6.30. The second-order valence-corrected chi connectivity index (χ2v) is 10.4. The Hall–Kier alpha value is -2.77. The predicted molar refractivity (Wildman–Crippen MR) is 145 cm³/mol. The highest BCUT2D eigenvalue weighted by Gasteiger charge is 2.24. The Kier molecular flexibility index (Phi) is 9.55. The molecule has 5 rings (SSSR count). The van der Waals surface area contributed by atoms with E-state index in [1.807, 2.05) is 48.5 Å². The number of nitrogens with one attached hydrogen (secondary N) is 1. The van der Waals surface area contributed by atoms with E-state index in [1.165, 1.54) is 17.0 Å². The molecule has 1 aromatic heterocycles. The lowest BCUT2D eigenvalue weighted by Crippen LogP contribution is -3.11. The van der Waals surface area contributed by atoms with Crippen LogP contribution in [0.2, 0.25) is 5.02 Å². The van der Waals surface area contributed by atoms with Gasteiger partial charge in [-0.3, -0.25) is 4.79 Å². The molecule has 1 aliphatic heterocycles. The van der Waals surface area contributed by atoms with Crippen LogP contribution in [0.4, 0.5) is 4.39 Å². The summed E-state index contributed by atoms with van der Waals surface area (Å²) in [5, 5.41) is 17.8. The average Bonchev–Trinajstić information content (AvgIpc) is 3.16. The number of aliphatic hydroxyl groups excluding tert-OH is 1. The number of rotatable bonds is 7. The smallest absolute Gasteiger partial charge is 0.274 e. The van der Waals surface area contributed by atoms with Crippen LogP contribution in [-0.2, 0) is 6.42 Å². The molecule has 3 unspecified atom stereocenters. The van der Waals surface area contributed by atoms with Crippen molar-refractivity contribution in [3.63, 3.8) is 0 Å². The second kappa shape index (κ2) is 12.9. The zero-order valence-electron chi connectivity index (χ0n) is 21.1. The molecule has 38 heavy (non-hydrogen) atoms. The van der Waals surface area contributed by atoms with Crippen LogP contribution in [0.5, 0.6) is 0 Å². The van der Waals surface area contributed by atoms with E-state index in [4.69, 9.17) is 16.7 Å². The van der Waals surface area contributed by atoms with Crippen LogP contribution in [0.15, 0.2) is 77.6 Å². The lowest BCUT2D eigenvalue weighted by molar-refractivity contribution is -0.900. The van der Waals surface area contributed by atoms with E-state index in [1.54, 1.807) is 16.8 Å². The zero-order valence-corrected chi connectivity index (χ0v) is 22.6. The van der Waals surface area contributed by atoms with Crippen LogP contribution in [0.25, 0.3) is 10.8 Å². The maximum atomic E-state index is 13.5. The summed E-state index contributed by atoms with van der Waals surface area (Å²) in [4.78, 5) is 14.9. The number of aliphatic hydroxyl groups is 1. The van der Waals surface area contributed by atoms with Crippen molar-refractivity contribution in [3.8, 4) is 0 Å². The first-order chi connectivity index (χ1) is 18.0. The number of aromatic nitrogens is 2. The van der Waals surface area contributed by atoms with Crippen LogP contribution >= 0.6 is 11.6 Å². The molecule has 1 saturated heterocycles. The Bertz CT molecular complexity index is 1410. The summed E-state index contributed by atoms with van der Waals surface area (Å²) in [7, 11) is 0. The van der Waals surface area contributed by atoms with Gasteiger partial charge in [-0.05, 0) is 54.3 Å². The summed E-state index contributed by atoms with van der Waals surface area (Å²) in [6, 6.07) is 21.6. The minimum absolute atomic E-state index is 0. The van der Waals surface area contributed by atoms with Gasteiger partial charge in [-0.25, -0.2) is 9.07 Å². The van der Waals surface area contributed by atoms with Gasteiger partial charge < -0.3 is 22.4 Å². The molecular weight excluding hydrogens is 524 g/mol. The van der Waals surface area contributed by atoms with Crippen LogP contribution in [0.3, 0.4) is 0 Å². The number of fused-ring (bicyclic) bond motifs is 1. The van der Waals surface area contributed by atoms with Gasteiger partial charge in [-0.1, -0.05) is 54.1 Å². The number of hydrogen-bond donors (Lipinski definition) is 2. The third-order valence-electron chi connectivity index (χ3n) is 7.46. The van der Waals surface area contributed by atoms with Gasteiger partial charge in [0.25, 0.3) is 5.56 Å². The first-order valence-corrected chi connectivity index (χ1v) is 13.4. The van der Waals surface area contributed by atoms with Crippen molar-refractivity contribution in [2.24, 2.45) is 0 Å². The number of nitrogens with zero attached hydrogens (tertiary/aromatic N) is 2. The predicted octanol–water partition coefficient (Wildman–Crippen LogP) is 1.52. The van der Waals surface area contributed by atoms with E-state index < -0.39 is 6.10 Å². The molecule has 8 heteroatoms. The van der Waals surface area contributed by atoms with Crippen molar-refractivity contribution in [2.75, 3.05) is 19.6 Å². The van der Waals surface area contributed by atoms with E-state index >= 15 is 0 Å². The second-order valence-electron chi connectivity index (χ2n) is 9.99. The van der Waals surface area contributed by atoms with Crippen molar-refractivity contribution >= 4 is 22.4 Å². The molecule has 0 amide bonds. The highest BCUT2D eigenvalue weighted by Crippen LogP contribution is 2.22. The molecule has 2 N–H and O–H groups in total. The zero-order chi connectivity index (χ0) is 25.8. The number of hydrogen-bond acceptors (Lipinski definition) is 3. The van der Waals surface area contributed by atoms with Gasteiger partial charge in [0, 0.05) is 29.7 Å². The molecule has 3 aromatic carbocycles. The largest absolute Gasteiger partial charge is 1.00 e. The number of likely N-dealkylation sites (tertiary alicyclic amines) is 1. The SMILES string of the molecule is O=c1c2ccccc2c(Cc2ccc(Cl)cc2)nn1C1CCC[NH+](CCC(O)c2ccc(F)cc2)CC1.[Cl-].